The molecule has 0 saturated carbocycles. The second-order valence-corrected chi connectivity index (χ2v) is 29.9. The van der Waals surface area contributed by atoms with Gasteiger partial charge in [-0.3, -0.25) is 4.79 Å². The molecule has 12 unspecified atom stereocenters. The summed E-state index contributed by atoms with van der Waals surface area (Å²) in [4.78, 5) is 164. The van der Waals surface area contributed by atoms with Gasteiger partial charge in [0.15, 0.2) is 145 Å². The molecule has 0 aromatic heterocycles. The lowest BCUT2D eigenvalue weighted by Crippen LogP contribution is -2.70. The van der Waals surface area contributed by atoms with Crippen LogP contribution in [0, 0.1) is 0 Å². The number of carbonyl (C=O) groups is 11. The maximum absolute atomic E-state index is 15.7. The van der Waals surface area contributed by atoms with Gasteiger partial charge in [-0.25, -0.2) is 47.9 Å². The molecular formula is C82H56O53. The Hall–Kier alpha value is -18.5. The van der Waals surface area contributed by atoms with Gasteiger partial charge in [0.2, 0.25) is 70.8 Å². The number of aromatic hydroxyl groups is 25. The van der Waals surface area contributed by atoms with Crippen molar-refractivity contribution in [2.75, 3.05) is 13.2 Å². The number of phenols is 25. The zero-order valence-electron chi connectivity index (χ0n) is 66.0. The lowest BCUT2D eigenvalue weighted by atomic mass is 9.70. The van der Waals surface area contributed by atoms with Gasteiger partial charge in [-0.2, -0.15) is 0 Å². The summed E-state index contributed by atoms with van der Waals surface area (Å²) in [6.45, 7) is -3.33. The van der Waals surface area contributed by atoms with E-state index in [2.05, 4.69) is 0 Å². The highest BCUT2D eigenvalue weighted by molar-refractivity contribution is 6.11. The van der Waals surface area contributed by atoms with E-state index in [1.807, 2.05) is 0 Å². The number of hydrogen-bond donors (Lipinski definition) is 28. The van der Waals surface area contributed by atoms with E-state index in [0.29, 0.717) is 42.5 Å². The van der Waals surface area contributed by atoms with E-state index >= 15 is 28.8 Å². The number of carbonyl (C=O) groups excluding carboxylic acids is 11. The average molecular weight is 1890 g/mol. The molecule has 9 aromatic rings. The molecule has 7 aliphatic rings. The number of fused-ring (bicyclic) bond motifs is 10. The third-order valence-electron chi connectivity index (χ3n) is 21.9. The SMILES string of the molecule is O=C1OC2C3COC(=O)c4cc(Oc5c(C(=O)OC6C(OC(=O)c7cc(O)c(O)c(O)c7)OC7COC(=O)c8cc(O)c(O)c(O)c8-c8c(cc(O)c(O)c8O)C(=O)OC6C7OC(=O)c6cc(O)c(O)c(O)c6)cc(O)c(O)c5O)c(O)c(O)c4-c4cc(c(O)c(O)c4O)C(=O)OC2C(OC(=O)c2cc(O)c(O)c4c2C2C1=CC(=O)C(O)(O4)C2(O)O)C(OC(=O)c1cc(O)c(O)c(O)c1)O3. The molecule has 0 spiro atoms. The molecule has 2 saturated heterocycles. The van der Waals surface area contributed by atoms with Crippen LogP contribution in [0.25, 0.3) is 22.3 Å². The monoisotopic (exact) mass is 1890 g/mol. The predicted molar refractivity (Wildman–Crippen MR) is 411 cm³/mol. The number of rotatable bonds is 10. The Morgan fingerprint density at radius 2 is 0.733 bits per heavy atom. The standard InChI is InChI=1S/C82H56O53/c83-27-1-16(2-28(84)48(27)96)69(109)127-62-38-14-122-72(112)20-8-33(89)51(99)57(105)42(20)43-21(9-34(90)52(100)58(43)106)74(114)129-65(62)68(80(125-38)134-71(111)18-5-31(87)50(98)32(88)6-18)132-78(118)26-11-35(91)53(101)60(108)61(26)124-37-12-23-41(56(104)55(37)103)19-7-25(47(95)59(107)46(19)94)77(117)130-66-63-39(15-123-73(23)113)126-79(133-70(110)17-3-29(85)49(97)30(86)4-17)67(66)131-75(115)22-10-36(92)54(102)64-44(22)45-24(76(116)128-63)13-40(93)82(121,135-64)81(45,119)120/h1-13,38-39,45,62-63,65-68,79-80,83-92,94-108,119-121H,14-15H2. The first kappa shape index (κ1) is 89.9. The molecule has 53 heteroatoms. The zero-order valence-corrected chi connectivity index (χ0v) is 66.0. The second-order valence-electron chi connectivity index (χ2n) is 29.9. The summed E-state index contributed by atoms with van der Waals surface area (Å²) in [6.07, 6.45) is -28.8. The Bertz CT molecular complexity index is 6790. The predicted octanol–water partition coefficient (Wildman–Crippen LogP) is 0.965. The molecule has 53 nitrogen and oxygen atoms in total. The molecule has 6 heterocycles. The number of ether oxygens (including phenoxy) is 14. The highest BCUT2D eigenvalue weighted by Gasteiger charge is 2.71. The van der Waals surface area contributed by atoms with E-state index in [0.717, 1.165) is 0 Å². The summed E-state index contributed by atoms with van der Waals surface area (Å²) < 4.78 is 79.8. The van der Waals surface area contributed by atoms with Gasteiger partial charge in [0.05, 0.1) is 50.4 Å². The Kier molecular flexibility index (Phi) is 21.3. The number of phenolic OH excluding ortho intramolecular Hbond substituents is 25. The van der Waals surface area contributed by atoms with Crippen LogP contribution in [0.5, 0.6) is 161 Å². The summed E-state index contributed by atoms with van der Waals surface area (Å²) in [7, 11) is 0. The highest BCUT2D eigenvalue weighted by atomic mass is 16.8. The lowest BCUT2D eigenvalue weighted by molar-refractivity contribution is -0.339. The first-order chi connectivity index (χ1) is 63.4. The summed E-state index contributed by atoms with van der Waals surface area (Å²) >= 11 is 0. The van der Waals surface area contributed by atoms with Gasteiger partial charge in [0, 0.05) is 39.9 Å². The van der Waals surface area contributed by atoms with E-state index < -0.39 is 402 Å². The summed E-state index contributed by atoms with van der Waals surface area (Å²) in [5, 5.41) is 312. The summed E-state index contributed by atoms with van der Waals surface area (Å²) in [5.41, 5.74) is -19.8. The fourth-order valence-corrected chi connectivity index (χ4v) is 15.3. The van der Waals surface area contributed by atoms with Crippen LogP contribution < -0.4 is 9.47 Å². The van der Waals surface area contributed by atoms with Crippen LogP contribution in [-0.4, -0.2) is 295 Å². The van der Waals surface area contributed by atoms with Crippen LogP contribution in [-0.2, 0) is 66.4 Å². The molecular weight excluding hydrogens is 1830 g/mol. The normalized spacial score (nSPS) is 22.5. The third kappa shape index (κ3) is 14.4. The molecule has 16 rings (SSSR count). The van der Waals surface area contributed by atoms with Crippen LogP contribution in [0.2, 0.25) is 0 Å². The van der Waals surface area contributed by atoms with Gasteiger partial charge in [-0.1, -0.05) is 0 Å². The first-order valence-corrected chi connectivity index (χ1v) is 37.6. The second kappa shape index (κ2) is 32.0. The van der Waals surface area contributed by atoms with E-state index in [9.17, 15) is 167 Å². The van der Waals surface area contributed by atoms with Crippen molar-refractivity contribution in [1.82, 2.24) is 0 Å². The minimum absolute atomic E-state index is 0.0443. The van der Waals surface area contributed by atoms with Gasteiger partial charge >= 0.3 is 65.5 Å². The maximum atomic E-state index is 15.7. The molecule has 0 amide bonds. The maximum Gasteiger partial charge on any atom is 0.342 e. The molecule has 28 N–H and O–H groups in total. The highest BCUT2D eigenvalue weighted by Crippen LogP contribution is 2.61. The number of esters is 10. The van der Waals surface area contributed by atoms with Gasteiger partial charge in [-0.05, 0) is 66.7 Å². The zero-order chi connectivity index (χ0) is 98.0. The molecule has 6 aliphatic heterocycles. The largest absolute Gasteiger partial charge is 0.504 e. The minimum Gasteiger partial charge on any atom is -0.504 e. The number of cyclic esters (lactones) is 2. The van der Waals surface area contributed by atoms with E-state index in [-0.39, 0.29) is 36.4 Å². The molecule has 135 heavy (non-hydrogen) atoms. The van der Waals surface area contributed by atoms with Crippen LogP contribution in [0.15, 0.2) is 84.4 Å². The molecule has 1 aliphatic carbocycles. The van der Waals surface area contributed by atoms with Crippen molar-refractivity contribution < 1.29 is 262 Å². The van der Waals surface area contributed by atoms with Gasteiger partial charge in [0.25, 0.3) is 5.79 Å². The molecule has 702 valence electrons. The van der Waals surface area contributed by atoms with E-state index in [1.54, 1.807) is 0 Å². The minimum atomic E-state index is -4.22. The molecule has 12 atom stereocenters. The smallest absolute Gasteiger partial charge is 0.342 e. The topological polar surface area (TPSA) is 883 Å². The Morgan fingerprint density at radius 1 is 0.326 bits per heavy atom. The number of ketones is 1. The van der Waals surface area contributed by atoms with E-state index in [4.69, 9.17) is 66.3 Å². The fraction of sp³-hybridized carbons (Fsp3) is 0.183. The van der Waals surface area contributed by atoms with Crippen molar-refractivity contribution in [2.45, 2.75) is 78.9 Å². The van der Waals surface area contributed by atoms with Crippen molar-refractivity contribution >= 4 is 65.5 Å². The Labute approximate surface area is 740 Å². The lowest BCUT2D eigenvalue weighted by Gasteiger charge is -2.49. The number of hydrogen-bond acceptors (Lipinski definition) is 53. The first-order valence-electron chi connectivity index (χ1n) is 37.6. The number of benzene rings is 9. The fourth-order valence-electron chi connectivity index (χ4n) is 15.3. The summed E-state index contributed by atoms with van der Waals surface area (Å²) in [6, 6.07) is 3.52. The quantitative estimate of drug-likeness (QED) is 0.0392. The average Bonchev–Trinajstić information content (AvgIpc) is 1.41. The van der Waals surface area contributed by atoms with Gasteiger partial charge in [-0.15, -0.1) is 0 Å². The molecule has 0 radical (unpaired) electrons. The third-order valence-corrected chi connectivity index (χ3v) is 21.9. The van der Waals surface area contributed by atoms with Crippen molar-refractivity contribution in [3.05, 3.63) is 140 Å². The molecule has 2 fully saturated rings. The van der Waals surface area contributed by atoms with Crippen LogP contribution >= 0.6 is 0 Å². The van der Waals surface area contributed by atoms with Crippen molar-refractivity contribution in [3.8, 4) is 183 Å². The van der Waals surface area contributed by atoms with Gasteiger partial charge < -0.3 is 209 Å². The van der Waals surface area contributed by atoms with Crippen molar-refractivity contribution in [3.63, 3.8) is 0 Å². The summed E-state index contributed by atoms with van der Waals surface area (Å²) in [5.74, 6) is -77.1. The van der Waals surface area contributed by atoms with Crippen molar-refractivity contribution in [2.24, 2.45) is 0 Å². The Balaban J connectivity index is 0.841. The van der Waals surface area contributed by atoms with Gasteiger partial charge in [0.1, 0.15) is 36.5 Å². The molecule has 9 aromatic carbocycles. The van der Waals surface area contributed by atoms with Crippen molar-refractivity contribution in [1.29, 1.82) is 0 Å². The van der Waals surface area contributed by atoms with Crippen LogP contribution in [0.1, 0.15) is 105 Å². The Morgan fingerprint density at radius 3 is 1.28 bits per heavy atom. The molecule has 10 bridgehead atoms. The number of aliphatic hydroxyl groups is 3. The van der Waals surface area contributed by atoms with E-state index in [1.165, 1.54) is 0 Å². The van der Waals surface area contributed by atoms with Crippen LogP contribution in [0.4, 0.5) is 0 Å². The van der Waals surface area contributed by atoms with Crippen LogP contribution in [0.3, 0.4) is 0 Å².